The van der Waals surface area contributed by atoms with Crippen LogP contribution >= 0.6 is 50.4 Å². The van der Waals surface area contributed by atoms with Crippen molar-refractivity contribution in [1.29, 1.82) is 0 Å². The zero-order valence-corrected chi connectivity index (χ0v) is 63.1. The predicted molar refractivity (Wildman–Crippen MR) is 374 cm³/mol. The molecule has 4 aliphatic rings. The van der Waals surface area contributed by atoms with Crippen LogP contribution in [0, 0.1) is 96.4 Å². The Kier molecular flexibility index (Phi) is 32.8. The van der Waals surface area contributed by atoms with Crippen molar-refractivity contribution in [2.75, 3.05) is 107 Å². The number of alkyl halides is 1. The van der Waals surface area contributed by atoms with E-state index in [1.54, 1.807) is 0 Å². The number of hydrogen-bond donors (Lipinski definition) is 1. The second kappa shape index (κ2) is 37.4. The van der Waals surface area contributed by atoms with Crippen LogP contribution in [0.2, 0.25) is 0 Å². The molecule has 9 nitrogen and oxygen atoms in total. The maximum Gasteiger partial charge on any atom is 0.0146 e. The number of rotatable bonds is 10. The molecule has 0 spiro atoms. The minimum atomic E-state index is -1.81. The molecule has 88 heavy (non-hydrogen) atoms. The molecule has 10 rings (SSSR count). The summed E-state index contributed by atoms with van der Waals surface area (Å²) in [6.07, 6.45) is 6.45. The third kappa shape index (κ3) is 23.1. The van der Waals surface area contributed by atoms with E-state index < -0.39 is 27.0 Å². The number of aliphatic hydroxyl groups excluding tert-OH is 1. The van der Waals surface area contributed by atoms with Crippen LogP contribution in [0.5, 0.6) is 11.5 Å². The first-order valence-electron chi connectivity index (χ1n) is 29.9. The number of quaternary nitrogens is 1. The number of aryl methyl sites for hydroxylation is 12. The van der Waals surface area contributed by atoms with Gasteiger partial charge >= 0.3 is 250 Å². The third-order valence-corrected chi connectivity index (χ3v) is 19.7. The summed E-state index contributed by atoms with van der Waals surface area (Å²) in [5.41, 5.74) is 23.7. The Morgan fingerprint density at radius 3 is 0.955 bits per heavy atom. The Labute approximate surface area is 568 Å². The van der Waals surface area contributed by atoms with E-state index in [1.807, 2.05) is 57.7 Å². The maximum absolute atomic E-state index is 7.00. The molecule has 0 radical (unpaired) electrons. The topological polar surface area (TPSA) is 54.9 Å². The molecule has 0 atom stereocenters. The van der Waals surface area contributed by atoms with Crippen LogP contribution in [-0.2, 0) is 27.0 Å². The SMILES string of the molecule is CCl.CN1CCC(Oc2ccccc2[CH]=[Ru]([Cl])[Cl])CC1.CO.C[N+]1(C)CCC(Oc2ccccc2[CH]=[Ru]([Cl])[Cl])CC1.Cc1cc(C)c(N2[CH-]N(c3c(C)cc(C)cc3C)CC2)c(C)c1.Cc1cc(C)c(N2[CH-]N(c3c(C)cc(C)cc3C)CC2)c(C)c1.[Cl-]. The van der Waals surface area contributed by atoms with Gasteiger partial charge in [0.05, 0.1) is 0 Å². The second-order valence-corrected chi connectivity index (χ2v) is 35.5. The van der Waals surface area contributed by atoms with Gasteiger partial charge in [0.25, 0.3) is 0 Å². The predicted octanol–water partition coefficient (Wildman–Crippen LogP) is 14.0. The molecule has 4 fully saturated rings. The van der Waals surface area contributed by atoms with E-state index in [9.17, 15) is 0 Å². The fourth-order valence-corrected chi connectivity index (χ4v) is 16.1. The average Bonchev–Trinajstić information content (AvgIpc) is 4.24. The molecule has 6 aromatic rings. The maximum atomic E-state index is 7.00. The molecule has 1 N–H and O–H groups in total. The fraction of sp³-hybridized carbons (Fsp3) is 0.437. The molecule has 0 aliphatic carbocycles. The third-order valence-electron chi connectivity index (χ3n) is 16.0. The van der Waals surface area contributed by atoms with E-state index >= 15 is 0 Å². The van der Waals surface area contributed by atoms with Crippen LogP contribution in [-0.4, -0.2) is 123 Å². The number of halogens is 6. The molecule has 4 heterocycles. The molecule has 4 saturated heterocycles. The summed E-state index contributed by atoms with van der Waals surface area (Å²) in [6.45, 7) is 39.7. The summed E-state index contributed by atoms with van der Waals surface area (Å²) < 4.78 is 17.2. The summed E-state index contributed by atoms with van der Waals surface area (Å²) >= 11 is 1.03. The van der Waals surface area contributed by atoms with Gasteiger partial charge in [0, 0.05) is 62.4 Å². The minimum absolute atomic E-state index is 0. The Morgan fingerprint density at radius 1 is 0.443 bits per heavy atom. The normalized spacial score (nSPS) is 15.9. The summed E-state index contributed by atoms with van der Waals surface area (Å²) in [4.78, 5) is 12.0. The number of aliphatic hydroxyl groups is 1. The molecular weight excluding hydrogens is 1400 g/mol. The van der Waals surface area contributed by atoms with Gasteiger partial charge in [-0.3, -0.25) is 0 Å². The van der Waals surface area contributed by atoms with Gasteiger partial charge in [0.15, 0.2) is 0 Å². The number of hydrogen-bond acceptors (Lipinski definition) is 8. The van der Waals surface area contributed by atoms with Crippen molar-refractivity contribution >= 4 is 82.3 Å². The number of likely N-dealkylation sites (tertiary alicyclic amines) is 2. The van der Waals surface area contributed by atoms with Crippen molar-refractivity contribution in [3.05, 3.63) is 188 Å². The number of nitrogens with zero attached hydrogens (tertiary/aromatic N) is 6. The van der Waals surface area contributed by atoms with Crippen molar-refractivity contribution in [2.45, 2.75) is 121 Å². The van der Waals surface area contributed by atoms with E-state index in [0.717, 1.165) is 99.2 Å². The summed E-state index contributed by atoms with van der Waals surface area (Å²) in [5, 5.41) is 7.00. The summed E-state index contributed by atoms with van der Waals surface area (Å²) in [5.74, 6) is 1.83. The van der Waals surface area contributed by atoms with Crippen LogP contribution in [0.3, 0.4) is 0 Å². The van der Waals surface area contributed by atoms with E-state index in [4.69, 9.17) is 53.3 Å². The van der Waals surface area contributed by atoms with Crippen molar-refractivity contribution < 1.29 is 58.5 Å². The molecule has 0 unspecified atom stereocenters. The Balaban J connectivity index is 0.000000246. The first kappa shape index (κ1) is 77.2. The summed E-state index contributed by atoms with van der Waals surface area (Å²) in [7, 11) is 31.5. The van der Waals surface area contributed by atoms with Crippen molar-refractivity contribution in [2.24, 2.45) is 0 Å². The summed E-state index contributed by atoms with van der Waals surface area (Å²) in [6, 6.07) is 34.2. The Morgan fingerprint density at radius 2 is 0.693 bits per heavy atom. The Bertz CT molecular complexity index is 2900. The van der Waals surface area contributed by atoms with Gasteiger partial charge in [-0.15, -0.1) is 11.6 Å². The van der Waals surface area contributed by atoms with Crippen molar-refractivity contribution in [3.63, 3.8) is 0 Å². The fourth-order valence-electron chi connectivity index (χ4n) is 12.5. The van der Waals surface area contributed by atoms with Gasteiger partial charge in [0.1, 0.15) is 0 Å². The van der Waals surface area contributed by atoms with Gasteiger partial charge in [-0.2, -0.15) is 13.3 Å². The van der Waals surface area contributed by atoms with Gasteiger partial charge in [-0.1, -0.05) is 70.8 Å². The van der Waals surface area contributed by atoms with Crippen LogP contribution in [0.1, 0.15) is 104 Å². The standard InChI is InChI=1S/2C21H27N2.C14H20NO.C13H17NO.CH3Cl.CH4O.5ClH.2Ru/c2*1-14-9-16(3)20(17(4)10-14)22-7-8-23(13-22)21-18(5)11-15(2)12-19(21)6;1-12-6-4-5-7-14(12)16-13-8-10-15(2,3)11-9-13;1-11-5-3-4-6-13(11)15-12-7-9-14(2)10-8-12;2*1-2;;;;;;;/h2*9-13H,7-8H2,1-6H3;1,4-7,13H,8-11H2,2-3H3;1,3-6,12H,7-10H2,2H3;1H3;2H,1H3;5*1H;;/q2*-1;+1;;;;;;;;;2*+2/p-5. The van der Waals surface area contributed by atoms with Gasteiger partial charge < -0.3 is 37.1 Å². The molecule has 6 aromatic carbocycles. The van der Waals surface area contributed by atoms with E-state index in [0.29, 0.717) is 12.2 Å². The number of ether oxygens (including phenoxy) is 2. The second-order valence-electron chi connectivity index (χ2n) is 24.0. The van der Waals surface area contributed by atoms with E-state index in [-0.39, 0.29) is 12.4 Å². The van der Waals surface area contributed by atoms with Crippen LogP contribution in [0.15, 0.2) is 97.1 Å². The molecule has 0 saturated carbocycles. The minimum Gasteiger partial charge on any atom is -1.00 e. The van der Waals surface area contributed by atoms with E-state index in [2.05, 4.69) is 202 Å². The monoisotopic (exact) mass is 1500 g/mol. The molecule has 0 bridgehead atoms. The molecule has 4 aliphatic heterocycles. The van der Waals surface area contributed by atoms with Crippen molar-refractivity contribution in [1.82, 2.24) is 4.90 Å². The smallest absolute Gasteiger partial charge is 0.0146 e. The van der Waals surface area contributed by atoms with Crippen LogP contribution in [0.25, 0.3) is 0 Å². The number of benzene rings is 6. The Hall–Kier alpha value is -3.27. The average molecular weight is 1500 g/mol. The largest absolute Gasteiger partial charge is 1.00 e. The molecule has 490 valence electrons. The molecule has 0 amide bonds. The van der Waals surface area contributed by atoms with Crippen LogP contribution in [0.4, 0.5) is 22.7 Å². The van der Waals surface area contributed by atoms with Crippen molar-refractivity contribution in [3.8, 4) is 11.5 Å². The number of para-hydroxylation sites is 2. The quantitative estimate of drug-likeness (QED) is 0.0630. The van der Waals surface area contributed by atoms with Crippen LogP contribution < -0.4 is 41.5 Å². The molecular formula is C71H98Cl6N6O3Ru2-2. The van der Waals surface area contributed by atoms with Gasteiger partial charge in [-0.25, -0.2) is 0 Å². The zero-order valence-electron chi connectivity index (χ0n) is 55.1. The van der Waals surface area contributed by atoms with Gasteiger partial charge in [-0.05, 0) is 128 Å². The van der Waals surface area contributed by atoms with E-state index in [1.165, 1.54) is 109 Å². The first-order chi connectivity index (χ1) is 41.3. The first-order valence-corrected chi connectivity index (χ1v) is 41.6. The zero-order chi connectivity index (χ0) is 64.3. The number of anilines is 4. The molecule has 0 aromatic heterocycles. The molecule has 17 heteroatoms. The van der Waals surface area contributed by atoms with Gasteiger partial charge in [0.2, 0.25) is 0 Å². The number of piperidine rings is 2.